The fourth-order valence-electron chi connectivity index (χ4n) is 3.20. The third-order valence-electron chi connectivity index (χ3n) is 4.55. The minimum Gasteiger partial charge on any atom is -0.459 e. The monoisotopic (exact) mass is 375 g/mol. The molecular formula is C22H18FN3O2. The second-order valence-electron chi connectivity index (χ2n) is 6.36. The van der Waals surface area contributed by atoms with Crippen LogP contribution in [-0.2, 0) is 0 Å². The average molecular weight is 375 g/mol. The quantitative estimate of drug-likeness (QED) is 0.687. The van der Waals surface area contributed by atoms with Gasteiger partial charge >= 0.3 is 0 Å². The minimum absolute atomic E-state index is 0.188. The lowest BCUT2D eigenvalue weighted by Gasteiger charge is -2.20. The number of halogens is 1. The zero-order valence-electron chi connectivity index (χ0n) is 15.2. The largest absolute Gasteiger partial charge is 0.459 e. The highest BCUT2D eigenvalue weighted by molar-refractivity contribution is 6.19. The van der Waals surface area contributed by atoms with Crippen molar-refractivity contribution in [3.8, 4) is 0 Å². The number of furan rings is 1. The second-order valence-corrected chi connectivity index (χ2v) is 6.36. The molecule has 28 heavy (non-hydrogen) atoms. The lowest BCUT2D eigenvalue weighted by molar-refractivity contribution is 0.0949. The predicted octanol–water partition coefficient (Wildman–Crippen LogP) is 5.16. The topological polar surface area (TPSA) is 67.0 Å². The van der Waals surface area contributed by atoms with Crippen LogP contribution in [0.3, 0.4) is 0 Å². The molecular weight excluding hydrogens is 357 g/mol. The van der Waals surface area contributed by atoms with Crippen LogP contribution in [-0.4, -0.2) is 17.5 Å². The van der Waals surface area contributed by atoms with Crippen LogP contribution < -0.4 is 5.32 Å². The van der Waals surface area contributed by atoms with Gasteiger partial charge in [0.25, 0.3) is 5.91 Å². The van der Waals surface area contributed by atoms with E-state index in [4.69, 9.17) is 14.4 Å². The van der Waals surface area contributed by atoms with Gasteiger partial charge in [0.15, 0.2) is 5.76 Å². The van der Waals surface area contributed by atoms with E-state index < -0.39 is 11.8 Å². The third kappa shape index (κ3) is 3.49. The van der Waals surface area contributed by atoms with Gasteiger partial charge in [0, 0.05) is 5.71 Å². The van der Waals surface area contributed by atoms with E-state index in [1.54, 1.807) is 24.3 Å². The normalized spacial score (nSPS) is 15.9. The number of rotatable bonds is 3. The Labute approximate surface area is 161 Å². The van der Waals surface area contributed by atoms with E-state index in [1.165, 1.54) is 18.4 Å². The number of hydrogen-bond donors (Lipinski definition) is 1. The molecule has 6 heteroatoms. The predicted molar refractivity (Wildman–Crippen MR) is 106 cm³/mol. The van der Waals surface area contributed by atoms with E-state index in [9.17, 15) is 9.18 Å². The van der Waals surface area contributed by atoms with Crippen molar-refractivity contribution in [3.63, 3.8) is 0 Å². The first kappa shape index (κ1) is 17.9. The minimum atomic E-state index is -0.406. The van der Waals surface area contributed by atoms with Crippen LogP contribution in [0, 0.1) is 5.82 Å². The van der Waals surface area contributed by atoms with Crippen molar-refractivity contribution in [1.29, 1.82) is 0 Å². The molecule has 0 spiro atoms. The van der Waals surface area contributed by atoms with Crippen LogP contribution in [0.25, 0.3) is 0 Å². The molecule has 4 rings (SSSR count). The Hall–Kier alpha value is -3.54. The molecule has 1 aliphatic rings. The highest BCUT2D eigenvalue weighted by Crippen LogP contribution is 2.35. The summed E-state index contributed by atoms with van der Waals surface area (Å²) in [7, 11) is 0. The number of benzene rings is 2. The molecule has 2 aromatic carbocycles. The Morgan fingerprint density at radius 3 is 2.39 bits per heavy atom. The van der Waals surface area contributed by atoms with Crippen molar-refractivity contribution in [1.82, 2.24) is 5.32 Å². The number of carbonyl (C=O) groups is 1. The van der Waals surface area contributed by atoms with Crippen molar-refractivity contribution in [2.24, 2.45) is 9.98 Å². The number of carbonyl (C=O) groups excluding carboxylic acids is 1. The SMILES string of the molecule is CCC1=Nc2ccccc2N=C(NC(=O)c2ccco2)[C@@H]1c1ccc(F)cc1. The number of fused-ring (bicyclic) bond motifs is 1. The molecule has 0 aliphatic carbocycles. The first-order valence-electron chi connectivity index (χ1n) is 9.01. The van der Waals surface area contributed by atoms with Gasteiger partial charge in [0.1, 0.15) is 11.7 Å². The highest BCUT2D eigenvalue weighted by Gasteiger charge is 2.28. The van der Waals surface area contributed by atoms with E-state index in [-0.39, 0.29) is 11.6 Å². The van der Waals surface area contributed by atoms with Crippen LogP contribution >= 0.6 is 0 Å². The average Bonchev–Trinajstić information content (AvgIpc) is 3.20. The summed E-state index contributed by atoms with van der Waals surface area (Å²) >= 11 is 0. The maximum Gasteiger partial charge on any atom is 0.292 e. The summed E-state index contributed by atoms with van der Waals surface area (Å²) in [5.41, 5.74) is 3.02. The number of nitrogens with zero attached hydrogens (tertiary/aromatic N) is 2. The van der Waals surface area contributed by atoms with Gasteiger partial charge in [-0.25, -0.2) is 9.38 Å². The lowest BCUT2D eigenvalue weighted by Crippen LogP contribution is -2.37. The number of aliphatic imine (C=N–C) groups is 2. The van der Waals surface area contributed by atoms with Crippen molar-refractivity contribution in [2.75, 3.05) is 0 Å². The molecule has 2 heterocycles. The summed E-state index contributed by atoms with van der Waals surface area (Å²) in [6.45, 7) is 2.00. The van der Waals surface area contributed by atoms with Crippen LogP contribution in [0.1, 0.15) is 35.4 Å². The Kier molecular flexibility index (Phi) is 4.85. The van der Waals surface area contributed by atoms with E-state index in [0.29, 0.717) is 17.9 Å². The smallest absolute Gasteiger partial charge is 0.292 e. The number of para-hydroxylation sites is 2. The van der Waals surface area contributed by atoms with Crippen LogP contribution in [0.15, 0.2) is 81.3 Å². The molecule has 1 aliphatic heterocycles. The van der Waals surface area contributed by atoms with Gasteiger partial charge in [0.05, 0.1) is 23.6 Å². The molecule has 1 N–H and O–H groups in total. The van der Waals surface area contributed by atoms with Gasteiger partial charge in [-0.1, -0.05) is 31.2 Å². The molecule has 0 bridgehead atoms. The molecule has 3 aromatic rings. The van der Waals surface area contributed by atoms with E-state index in [0.717, 1.165) is 17.0 Å². The molecule has 5 nitrogen and oxygen atoms in total. The Morgan fingerprint density at radius 1 is 1.04 bits per heavy atom. The summed E-state index contributed by atoms with van der Waals surface area (Å²) in [6.07, 6.45) is 2.08. The van der Waals surface area contributed by atoms with E-state index in [1.807, 2.05) is 31.2 Å². The van der Waals surface area contributed by atoms with Crippen LogP contribution in [0.5, 0.6) is 0 Å². The molecule has 1 aromatic heterocycles. The van der Waals surface area contributed by atoms with Crippen LogP contribution in [0.2, 0.25) is 0 Å². The number of amides is 1. The standard InChI is InChI=1S/C22H18FN3O2/c1-2-16-20(14-9-11-15(23)12-10-14)21(26-22(27)19-8-5-13-28-19)25-18-7-4-3-6-17(18)24-16/h3-13,20H,2H2,1H3,(H,25,26,27)/t20-/m1/s1. The fourth-order valence-corrected chi connectivity index (χ4v) is 3.20. The molecule has 0 unspecified atom stereocenters. The summed E-state index contributed by atoms with van der Waals surface area (Å²) in [5, 5.41) is 2.87. The molecule has 0 radical (unpaired) electrons. The van der Waals surface area contributed by atoms with Gasteiger partial charge < -0.3 is 9.73 Å². The summed E-state index contributed by atoms with van der Waals surface area (Å²) in [4.78, 5) is 22.1. The van der Waals surface area contributed by atoms with Crippen molar-refractivity contribution in [2.45, 2.75) is 19.3 Å². The van der Waals surface area contributed by atoms with Gasteiger partial charge in [0.2, 0.25) is 0 Å². The van der Waals surface area contributed by atoms with Crippen LogP contribution in [0.4, 0.5) is 15.8 Å². The number of nitrogens with one attached hydrogen (secondary N) is 1. The summed E-state index contributed by atoms with van der Waals surface area (Å²) < 4.78 is 18.7. The summed E-state index contributed by atoms with van der Waals surface area (Å²) in [5.74, 6) is -0.511. The first-order chi connectivity index (χ1) is 13.7. The molecule has 0 fully saturated rings. The van der Waals surface area contributed by atoms with Crippen molar-refractivity contribution >= 4 is 28.8 Å². The zero-order valence-corrected chi connectivity index (χ0v) is 15.2. The molecule has 0 saturated carbocycles. The molecule has 140 valence electrons. The molecule has 1 atom stereocenters. The number of amidine groups is 1. The third-order valence-corrected chi connectivity index (χ3v) is 4.55. The zero-order chi connectivity index (χ0) is 19.5. The van der Waals surface area contributed by atoms with Crippen molar-refractivity contribution < 1.29 is 13.6 Å². The highest BCUT2D eigenvalue weighted by atomic mass is 19.1. The Balaban J connectivity index is 1.83. The Morgan fingerprint density at radius 2 is 1.75 bits per heavy atom. The number of hydrogen-bond acceptors (Lipinski definition) is 4. The van der Waals surface area contributed by atoms with E-state index in [2.05, 4.69) is 5.32 Å². The lowest BCUT2D eigenvalue weighted by atomic mass is 9.91. The molecule has 0 saturated heterocycles. The van der Waals surface area contributed by atoms with E-state index >= 15 is 0 Å². The van der Waals surface area contributed by atoms with Gasteiger partial charge in [-0.05, 0) is 48.4 Å². The van der Waals surface area contributed by atoms with Crippen molar-refractivity contribution in [3.05, 3.63) is 84.1 Å². The maximum absolute atomic E-state index is 13.5. The van der Waals surface area contributed by atoms with Gasteiger partial charge in [-0.2, -0.15) is 0 Å². The Bertz CT molecular complexity index is 1050. The second kappa shape index (κ2) is 7.60. The van der Waals surface area contributed by atoms with Gasteiger partial charge in [-0.3, -0.25) is 9.79 Å². The molecule has 1 amide bonds. The summed E-state index contributed by atoms with van der Waals surface area (Å²) in [6, 6.07) is 16.9. The first-order valence-corrected chi connectivity index (χ1v) is 9.01. The maximum atomic E-state index is 13.5. The fraction of sp³-hybridized carbons (Fsp3) is 0.136. The van der Waals surface area contributed by atoms with Gasteiger partial charge in [-0.15, -0.1) is 0 Å².